The molecular formula is C16H22N2O2. The molecule has 0 spiro atoms. The Labute approximate surface area is 119 Å². The molecule has 0 fully saturated rings. The van der Waals surface area contributed by atoms with E-state index in [9.17, 15) is 9.90 Å². The number of allylic oxidation sites excluding steroid dienone is 1. The molecule has 1 aliphatic rings. The topological polar surface area (TPSA) is 66.6 Å². The number of β-amino-alcohol motifs (C(OH)–C–C–N with tert-alkyl or cyclic N) is 1. The number of hydrogen-bond acceptors (Lipinski definition) is 3. The number of benzene rings is 1. The highest BCUT2D eigenvalue weighted by Crippen LogP contribution is 2.30. The minimum absolute atomic E-state index is 0.379. The van der Waals surface area contributed by atoms with E-state index < -0.39 is 0 Å². The zero-order valence-corrected chi connectivity index (χ0v) is 11.7. The van der Waals surface area contributed by atoms with Crippen LogP contribution in [0.4, 0.5) is 5.69 Å². The van der Waals surface area contributed by atoms with Crippen LogP contribution in [0.15, 0.2) is 30.9 Å². The second-order valence-electron chi connectivity index (χ2n) is 5.24. The van der Waals surface area contributed by atoms with Crippen LogP contribution in [0.1, 0.15) is 35.2 Å². The molecular weight excluding hydrogens is 252 g/mol. The maximum atomic E-state index is 11.5. The summed E-state index contributed by atoms with van der Waals surface area (Å²) in [7, 11) is 0. The second kappa shape index (κ2) is 6.57. The number of aliphatic hydroxyl groups is 1. The maximum Gasteiger partial charge on any atom is 0.249 e. The third-order valence-corrected chi connectivity index (χ3v) is 3.75. The fraction of sp³-hybridized carbons (Fsp3) is 0.438. The molecule has 1 aliphatic heterocycles. The van der Waals surface area contributed by atoms with Gasteiger partial charge in [0.15, 0.2) is 0 Å². The first-order chi connectivity index (χ1) is 9.63. The number of fused-ring (bicyclic) bond motifs is 1. The van der Waals surface area contributed by atoms with Crippen molar-refractivity contribution in [1.29, 1.82) is 0 Å². The van der Waals surface area contributed by atoms with Crippen LogP contribution in [0.5, 0.6) is 0 Å². The van der Waals surface area contributed by atoms with Crippen LogP contribution >= 0.6 is 0 Å². The number of amides is 1. The number of nitrogens with two attached hydrogens (primary N) is 1. The zero-order valence-electron chi connectivity index (χ0n) is 11.7. The van der Waals surface area contributed by atoms with Gasteiger partial charge < -0.3 is 15.7 Å². The quantitative estimate of drug-likeness (QED) is 0.778. The van der Waals surface area contributed by atoms with Gasteiger partial charge >= 0.3 is 0 Å². The van der Waals surface area contributed by atoms with E-state index in [2.05, 4.69) is 11.5 Å². The number of nitrogens with zero attached hydrogens (tertiary/aromatic N) is 1. The molecule has 1 amide bonds. The molecule has 4 nitrogen and oxygen atoms in total. The number of hydrogen-bond donors (Lipinski definition) is 2. The Morgan fingerprint density at radius 3 is 3.05 bits per heavy atom. The predicted octanol–water partition coefficient (Wildman–Crippen LogP) is 1.87. The molecule has 20 heavy (non-hydrogen) atoms. The molecule has 0 radical (unpaired) electrons. The molecule has 2 rings (SSSR count). The number of carbonyl (C=O) groups is 1. The highest BCUT2D eigenvalue weighted by atomic mass is 16.3. The average molecular weight is 274 g/mol. The van der Waals surface area contributed by atoms with Gasteiger partial charge in [0.25, 0.3) is 0 Å². The molecule has 1 aromatic carbocycles. The highest BCUT2D eigenvalue weighted by Gasteiger charge is 2.22. The SMILES string of the molecule is C=CCCC(O)CN1CCCc2c(C(N)=O)cccc21. The van der Waals surface area contributed by atoms with E-state index in [1.165, 1.54) is 0 Å². The summed E-state index contributed by atoms with van der Waals surface area (Å²) >= 11 is 0. The predicted molar refractivity (Wildman–Crippen MR) is 80.9 cm³/mol. The first kappa shape index (κ1) is 14.6. The lowest BCUT2D eigenvalue weighted by Crippen LogP contribution is -2.37. The molecule has 0 aromatic heterocycles. The molecule has 0 bridgehead atoms. The Hall–Kier alpha value is -1.81. The summed E-state index contributed by atoms with van der Waals surface area (Å²) in [6.07, 6.45) is 4.81. The number of primary amides is 1. The van der Waals surface area contributed by atoms with Gasteiger partial charge in [-0.1, -0.05) is 12.1 Å². The van der Waals surface area contributed by atoms with Crippen molar-refractivity contribution in [3.8, 4) is 0 Å². The Morgan fingerprint density at radius 1 is 1.55 bits per heavy atom. The summed E-state index contributed by atoms with van der Waals surface area (Å²) in [5, 5.41) is 10.1. The lowest BCUT2D eigenvalue weighted by Gasteiger charge is -2.33. The van der Waals surface area contributed by atoms with Crippen LogP contribution in [-0.4, -0.2) is 30.2 Å². The van der Waals surface area contributed by atoms with E-state index in [-0.39, 0.29) is 12.0 Å². The fourth-order valence-corrected chi connectivity index (χ4v) is 2.78. The summed E-state index contributed by atoms with van der Waals surface area (Å²) in [6, 6.07) is 5.63. The van der Waals surface area contributed by atoms with Gasteiger partial charge in [0.05, 0.1) is 6.10 Å². The van der Waals surface area contributed by atoms with Gasteiger partial charge in [0.2, 0.25) is 5.91 Å². The van der Waals surface area contributed by atoms with Crippen molar-refractivity contribution in [3.05, 3.63) is 42.0 Å². The zero-order chi connectivity index (χ0) is 14.5. The molecule has 1 atom stereocenters. The van der Waals surface area contributed by atoms with Gasteiger partial charge in [-0.3, -0.25) is 4.79 Å². The average Bonchev–Trinajstić information content (AvgIpc) is 2.44. The minimum Gasteiger partial charge on any atom is -0.391 e. The van der Waals surface area contributed by atoms with Gasteiger partial charge in [-0.15, -0.1) is 6.58 Å². The van der Waals surface area contributed by atoms with Crippen molar-refractivity contribution in [2.24, 2.45) is 5.73 Å². The van der Waals surface area contributed by atoms with E-state index in [0.29, 0.717) is 18.5 Å². The maximum absolute atomic E-state index is 11.5. The summed E-state index contributed by atoms with van der Waals surface area (Å²) in [5.41, 5.74) is 8.09. The molecule has 3 N–H and O–H groups in total. The first-order valence-corrected chi connectivity index (χ1v) is 7.09. The van der Waals surface area contributed by atoms with E-state index in [0.717, 1.165) is 37.1 Å². The first-order valence-electron chi connectivity index (χ1n) is 7.09. The molecule has 1 heterocycles. The van der Waals surface area contributed by atoms with Crippen LogP contribution < -0.4 is 10.6 Å². The van der Waals surface area contributed by atoms with Gasteiger partial charge in [-0.2, -0.15) is 0 Å². The summed E-state index contributed by atoms with van der Waals surface area (Å²) in [5.74, 6) is -0.379. The highest BCUT2D eigenvalue weighted by molar-refractivity contribution is 5.96. The van der Waals surface area contributed by atoms with Gasteiger partial charge in [-0.25, -0.2) is 0 Å². The van der Waals surface area contributed by atoms with Gasteiger partial charge in [0, 0.05) is 24.3 Å². The van der Waals surface area contributed by atoms with E-state index in [1.807, 2.05) is 18.2 Å². The fourth-order valence-electron chi connectivity index (χ4n) is 2.78. The molecule has 0 aliphatic carbocycles. The monoisotopic (exact) mass is 274 g/mol. The van der Waals surface area contributed by atoms with Crippen molar-refractivity contribution in [3.63, 3.8) is 0 Å². The van der Waals surface area contributed by atoms with E-state index in [4.69, 9.17) is 5.73 Å². The molecule has 0 saturated carbocycles. The normalized spacial score (nSPS) is 15.6. The van der Waals surface area contributed by atoms with Gasteiger partial charge in [-0.05, 0) is 43.4 Å². The van der Waals surface area contributed by atoms with Crippen LogP contribution in [0.2, 0.25) is 0 Å². The Balaban J connectivity index is 2.18. The van der Waals surface area contributed by atoms with Crippen molar-refractivity contribution < 1.29 is 9.90 Å². The van der Waals surface area contributed by atoms with Crippen molar-refractivity contribution >= 4 is 11.6 Å². The molecule has 0 saturated heterocycles. The van der Waals surface area contributed by atoms with Crippen LogP contribution in [0.25, 0.3) is 0 Å². The number of carbonyl (C=O) groups excluding carboxylic acids is 1. The smallest absolute Gasteiger partial charge is 0.249 e. The number of aliphatic hydroxyl groups excluding tert-OH is 1. The lowest BCUT2D eigenvalue weighted by atomic mass is 9.95. The second-order valence-corrected chi connectivity index (χ2v) is 5.24. The third-order valence-electron chi connectivity index (χ3n) is 3.75. The summed E-state index contributed by atoms with van der Waals surface area (Å²) < 4.78 is 0. The summed E-state index contributed by atoms with van der Waals surface area (Å²) in [6.45, 7) is 5.16. The van der Waals surface area contributed by atoms with E-state index >= 15 is 0 Å². The van der Waals surface area contributed by atoms with Crippen molar-refractivity contribution in [2.75, 3.05) is 18.0 Å². The van der Waals surface area contributed by atoms with Gasteiger partial charge in [0.1, 0.15) is 0 Å². The number of rotatable bonds is 6. The third kappa shape index (κ3) is 3.20. The van der Waals surface area contributed by atoms with Crippen molar-refractivity contribution in [2.45, 2.75) is 31.8 Å². The van der Waals surface area contributed by atoms with Crippen molar-refractivity contribution in [1.82, 2.24) is 0 Å². The molecule has 1 unspecified atom stereocenters. The minimum atomic E-state index is -0.379. The Morgan fingerprint density at radius 2 is 2.35 bits per heavy atom. The van der Waals surface area contributed by atoms with Crippen LogP contribution in [-0.2, 0) is 6.42 Å². The Bertz CT molecular complexity index is 499. The standard InChI is InChI=1S/C16H22N2O2/c1-2-3-6-12(19)11-18-10-5-8-13-14(16(17)20)7-4-9-15(13)18/h2,4,7,9,12,19H,1,3,5-6,8,10-11H2,(H2,17,20). The number of anilines is 1. The molecule has 4 heteroatoms. The largest absolute Gasteiger partial charge is 0.391 e. The summed E-state index contributed by atoms with van der Waals surface area (Å²) in [4.78, 5) is 13.6. The Kier molecular flexibility index (Phi) is 4.79. The van der Waals surface area contributed by atoms with E-state index in [1.54, 1.807) is 6.07 Å². The van der Waals surface area contributed by atoms with Crippen LogP contribution in [0, 0.1) is 0 Å². The molecule has 108 valence electrons. The van der Waals surface area contributed by atoms with Crippen LogP contribution in [0.3, 0.4) is 0 Å². The molecule has 1 aromatic rings. The lowest BCUT2D eigenvalue weighted by molar-refractivity contribution is 0.0999.